The van der Waals surface area contributed by atoms with Crippen LogP contribution < -0.4 is 4.74 Å². The van der Waals surface area contributed by atoms with Gasteiger partial charge in [0.15, 0.2) is 0 Å². The van der Waals surface area contributed by atoms with Gasteiger partial charge < -0.3 is 4.74 Å². The van der Waals surface area contributed by atoms with Crippen LogP contribution in [0.25, 0.3) is 10.8 Å². The van der Waals surface area contributed by atoms with E-state index in [1.165, 1.54) is 10.8 Å². The van der Waals surface area contributed by atoms with Gasteiger partial charge in [-0.05, 0) is 41.5 Å². The first kappa shape index (κ1) is 13.1. The van der Waals surface area contributed by atoms with E-state index in [4.69, 9.17) is 4.74 Å². The number of pyridine rings is 1. The Kier molecular flexibility index (Phi) is 3.70. The smallest absolute Gasteiger partial charge is 0.222 e. The fraction of sp³-hybridized carbons (Fsp3) is 0.118. The number of alkyl halides is 1. The average molecular weight is 328 g/mol. The van der Waals surface area contributed by atoms with E-state index in [0.29, 0.717) is 5.88 Å². The van der Waals surface area contributed by atoms with Crippen LogP contribution in [-0.2, 0) is 5.33 Å². The summed E-state index contributed by atoms with van der Waals surface area (Å²) in [5.74, 6) is 1.47. The molecular formula is C17H14BrNO. The van der Waals surface area contributed by atoms with Crippen LogP contribution in [0.4, 0.5) is 0 Å². The third kappa shape index (κ3) is 2.68. The number of ether oxygens (including phenoxy) is 1. The summed E-state index contributed by atoms with van der Waals surface area (Å²) in [7, 11) is 0. The lowest BCUT2D eigenvalue weighted by molar-refractivity contribution is 0.459. The number of fused-ring (bicyclic) bond motifs is 1. The molecule has 0 N–H and O–H groups in total. The predicted molar refractivity (Wildman–Crippen MR) is 85.6 cm³/mol. The average Bonchev–Trinajstić information content (AvgIpc) is 2.49. The number of hydrogen-bond donors (Lipinski definition) is 0. The highest BCUT2D eigenvalue weighted by Gasteiger charge is 2.05. The van der Waals surface area contributed by atoms with Gasteiger partial charge in [-0.25, -0.2) is 4.98 Å². The quantitative estimate of drug-likeness (QED) is 0.614. The second kappa shape index (κ2) is 5.63. The van der Waals surface area contributed by atoms with Crippen molar-refractivity contribution in [1.82, 2.24) is 4.98 Å². The molecule has 0 spiro atoms. The lowest BCUT2D eigenvalue weighted by Crippen LogP contribution is -1.93. The van der Waals surface area contributed by atoms with Gasteiger partial charge in [-0.1, -0.05) is 46.3 Å². The molecule has 3 rings (SSSR count). The SMILES string of the molecule is Cc1cc(CBr)cnc1Oc1ccc2ccccc2c1. The number of nitrogens with zero attached hydrogens (tertiary/aromatic N) is 1. The van der Waals surface area contributed by atoms with Crippen molar-refractivity contribution < 1.29 is 4.74 Å². The first-order chi connectivity index (χ1) is 9.76. The summed E-state index contributed by atoms with van der Waals surface area (Å²) >= 11 is 3.43. The second-order valence-corrected chi connectivity index (χ2v) is 5.27. The minimum absolute atomic E-state index is 0.657. The first-order valence-electron chi connectivity index (χ1n) is 6.44. The Morgan fingerprint density at radius 2 is 1.85 bits per heavy atom. The predicted octanol–water partition coefficient (Wildman–Crippen LogP) is 5.23. The minimum atomic E-state index is 0.657. The van der Waals surface area contributed by atoms with Crippen LogP contribution in [0.15, 0.2) is 54.7 Å². The van der Waals surface area contributed by atoms with E-state index in [1.807, 2.05) is 37.4 Å². The number of benzene rings is 2. The maximum atomic E-state index is 5.89. The molecule has 3 aromatic rings. The number of rotatable bonds is 3. The number of halogens is 1. The lowest BCUT2D eigenvalue weighted by atomic mass is 10.1. The van der Waals surface area contributed by atoms with Gasteiger partial charge in [0.05, 0.1) is 0 Å². The highest BCUT2D eigenvalue weighted by atomic mass is 79.9. The van der Waals surface area contributed by atoms with Crippen LogP contribution in [0.1, 0.15) is 11.1 Å². The standard InChI is InChI=1S/C17H14BrNO/c1-12-8-13(10-18)11-19-17(12)20-16-7-6-14-4-2-3-5-15(14)9-16/h2-9,11H,10H2,1H3. The summed E-state index contributed by atoms with van der Waals surface area (Å²) < 4.78 is 5.89. The van der Waals surface area contributed by atoms with Crippen LogP contribution in [0.3, 0.4) is 0 Å². The summed E-state index contributed by atoms with van der Waals surface area (Å²) in [6.07, 6.45) is 1.83. The molecule has 3 heteroatoms. The molecule has 0 saturated heterocycles. The normalized spacial score (nSPS) is 10.7. The molecule has 0 atom stereocenters. The monoisotopic (exact) mass is 327 g/mol. The summed E-state index contributed by atoms with van der Waals surface area (Å²) in [6.45, 7) is 2.01. The van der Waals surface area contributed by atoms with Crippen molar-refractivity contribution in [2.24, 2.45) is 0 Å². The number of aryl methyl sites for hydroxylation is 1. The highest BCUT2D eigenvalue weighted by Crippen LogP contribution is 2.26. The fourth-order valence-corrected chi connectivity index (χ4v) is 2.45. The van der Waals surface area contributed by atoms with Gasteiger partial charge in [-0.2, -0.15) is 0 Å². The molecule has 0 fully saturated rings. The van der Waals surface area contributed by atoms with Gasteiger partial charge >= 0.3 is 0 Å². The maximum absolute atomic E-state index is 5.89. The summed E-state index contributed by atoms with van der Waals surface area (Å²) in [5.41, 5.74) is 2.18. The Balaban J connectivity index is 1.92. The molecule has 0 saturated carbocycles. The van der Waals surface area contributed by atoms with Gasteiger partial charge in [0.2, 0.25) is 5.88 Å². The molecule has 100 valence electrons. The van der Waals surface area contributed by atoms with E-state index in [0.717, 1.165) is 22.2 Å². The fourth-order valence-electron chi connectivity index (χ4n) is 2.14. The summed E-state index contributed by atoms with van der Waals surface area (Å²) in [5, 5.41) is 3.18. The van der Waals surface area contributed by atoms with Crippen LogP contribution in [0.5, 0.6) is 11.6 Å². The molecule has 2 nitrogen and oxygen atoms in total. The second-order valence-electron chi connectivity index (χ2n) is 4.71. The van der Waals surface area contributed by atoms with Crippen molar-refractivity contribution in [3.05, 3.63) is 65.9 Å². The zero-order valence-corrected chi connectivity index (χ0v) is 12.7. The molecule has 0 aliphatic rings. The topological polar surface area (TPSA) is 22.1 Å². The molecule has 2 aromatic carbocycles. The Morgan fingerprint density at radius 3 is 2.60 bits per heavy atom. The third-order valence-electron chi connectivity index (χ3n) is 3.18. The molecule has 0 unspecified atom stereocenters. The van der Waals surface area contributed by atoms with Gasteiger partial charge in [0, 0.05) is 17.1 Å². The maximum Gasteiger partial charge on any atom is 0.222 e. The molecule has 0 radical (unpaired) electrons. The molecule has 0 bridgehead atoms. The highest BCUT2D eigenvalue weighted by molar-refractivity contribution is 9.08. The molecule has 0 amide bonds. The zero-order chi connectivity index (χ0) is 13.9. The van der Waals surface area contributed by atoms with Gasteiger partial charge in [0.1, 0.15) is 5.75 Å². The van der Waals surface area contributed by atoms with E-state index in [1.54, 1.807) is 0 Å². The van der Waals surface area contributed by atoms with Gasteiger partial charge in [-0.3, -0.25) is 0 Å². The van der Waals surface area contributed by atoms with Crippen molar-refractivity contribution in [1.29, 1.82) is 0 Å². The first-order valence-corrected chi connectivity index (χ1v) is 7.56. The minimum Gasteiger partial charge on any atom is -0.439 e. The Morgan fingerprint density at radius 1 is 1.05 bits per heavy atom. The van der Waals surface area contributed by atoms with Crippen LogP contribution in [-0.4, -0.2) is 4.98 Å². The Bertz CT molecular complexity index is 755. The van der Waals surface area contributed by atoms with Gasteiger partial charge in [0.25, 0.3) is 0 Å². The van der Waals surface area contributed by atoms with Crippen LogP contribution in [0.2, 0.25) is 0 Å². The Hall–Kier alpha value is -1.87. The van der Waals surface area contributed by atoms with Crippen molar-refractivity contribution >= 4 is 26.7 Å². The molecular weight excluding hydrogens is 314 g/mol. The molecule has 0 aliphatic heterocycles. The molecule has 1 heterocycles. The number of hydrogen-bond acceptors (Lipinski definition) is 2. The molecule has 1 aromatic heterocycles. The number of aromatic nitrogens is 1. The van der Waals surface area contributed by atoms with Crippen molar-refractivity contribution in [3.63, 3.8) is 0 Å². The largest absolute Gasteiger partial charge is 0.439 e. The zero-order valence-electron chi connectivity index (χ0n) is 11.1. The van der Waals surface area contributed by atoms with E-state index in [-0.39, 0.29) is 0 Å². The summed E-state index contributed by atoms with van der Waals surface area (Å²) in [6, 6.07) is 16.4. The van der Waals surface area contributed by atoms with Crippen molar-refractivity contribution in [2.75, 3.05) is 0 Å². The van der Waals surface area contributed by atoms with E-state index in [2.05, 4.69) is 45.2 Å². The van der Waals surface area contributed by atoms with Gasteiger partial charge in [-0.15, -0.1) is 0 Å². The van der Waals surface area contributed by atoms with E-state index in [9.17, 15) is 0 Å². The van der Waals surface area contributed by atoms with Crippen molar-refractivity contribution in [3.8, 4) is 11.6 Å². The lowest BCUT2D eigenvalue weighted by Gasteiger charge is -2.09. The van der Waals surface area contributed by atoms with Crippen molar-refractivity contribution in [2.45, 2.75) is 12.3 Å². The van der Waals surface area contributed by atoms with Crippen LogP contribution in [0, 0.1) is 6.92 Å². The summed E-state index contributed by atoms with van der Waals surface area (Å²) in [4.78, 5) is 4.37. The van der Waals surface area contributed by atoms with E-state index < -0.39 is 0 Å². The van der Waals surface area contributed by atoms with Crippen LogP contribution >= 0.6 is 15.9 Å². The van der Waals surface area contributed by atoms with E-state index >= 15 is 0 Å². The third-order valence-corrected chi connectivity index (χ3v) is 3.82. The molecule has 0 aliphatic carbocycles. The Labute approximate surface area is 126 Å². The molecule has 20 heavy (non-hydrogen) atoms.